The van der Waals surface area contributed by atoms with E-state index in [0.29, 0.717) is 30.3 Å². The number of hydrogen-bond donors (Lipinski definition) is 0. The number of nitriles is 2. The third-order valence-electron chi connectivity index (χ3n) is 6.69. The lowest BCUT2D eigenvalue weighted by atomic mass is 10.0. The summed E-state index contributed by atoms with van der Waals surface area (Å²) >= 11 is 0. The van der Waals surface area contributed by atoms with Crippen LogP contribution in [0.5, 0.6) is 0 Å². The van der Waals surface area contributed by atoms with Crippen molar-refractivity contribution in [3.63, 3.8) is 0 Å². The lowest BCUT2D eigenvalue weighted by molar-refractivity contribution is -0.138. The molecule has 44 heavy (non-hydrogen) atoms. The van der Waals surface area contributed by atoms with Crippen LogP contribution in [0.1, 0.15) is 27.8 Å². The van der Waals surface area contributed by atoms with Gasteiger partial charge in [-0.2, -0.15) is 50.0 Å². The summed E-state index contributed by atoms with van der Waals surface area (Å²) < 4.78 is 124. The Kier molecular flexibility index (Phi) is 6.36. The van der Waals surface area contributed by atoms with Gasteiger partial charge in [0.2, 0.25) is 0 Å². The molecule has 222 valence electrons. The van der Waals surface area contributed by atoms with Crippen molar-refractivity contribution >= 4 is 21.5 Å². The second-order valence-corrected chi connectivity index (χ2v) is 9.16. The molecule has 0 aliphatic heterocycles. The largest absolute Gasteiger partial charge is 0.418 e. The molecule has 0 atom stereocenters. The summed E-state index contributed by atoms with van der Waals surface area (Å²) in [5.74, 6) is 0. The number of benzene rings is 3. The van der Waals surface area contributed by atoms with Gasteiger partial charge < -0.3 is 0 Å². The minimum atomic E-state index is -5.66. The fourth-order valence-electron chi connectivity index (χ4n) is 4.87. The first-order valence-corrected chi connectivity index (χ1v) is 11.6. The summed E-state index contributed by atoms with van der Waals surface area (Å²) in [5.41, 5.74) is -15.9. The maximum atomic E-state index is 14.5. The molecule has 2 heterocycles. The molecule has 5 aromatic rings. The van der Waals surface area contributed by atoms with Crippen molar-refractivity contribution in [1.82, 2.24) is 9.13 Å². The summed E-state index contributed by atoms with van der Waals surface area (Å²) in [4.78, 5) is 52.9. The predicted molar refractivity (Wildman–Crippen MR) is 132 cm³/mol. The third-order valence-corrected chi connectivity index (χ3v) is 6.69. The number of halogens is 9. The molecule has 0 spiro atoms. The standard InChI is InChI=1S/C27H7F9N4O4/c28-25(29,30)16-5-12(3-1-10(16)8-37)39-21(41)14-7-15-19(20(27(34,35)36)18(14)23(39)43)24(44)40(22(15)42)13-4-2-11(9-38)17(6-13)26(31,32)33/h1-7H. The van der Waals surface area contributed by atoms with Gasteiger partial charge in [-0.3, -0.25) is 19.2 Å². The second-order valence-electron chi connectivity index (χ2n) is 9.16. The van der Waals surface area contributed by atoms with Gasteiger partial charge in [-0.1, -0.05) is 0 Å². The molecule has 5 rings (SSSR count). The predicted octanol–water partition coefficient (Wildman–Crippen LogP) is 4.69. The van der Waals surface area contributed by atoms with Crippen molar-refractivity contribution in [3.8, 4) is 23.5 Å². The third kappa shape index (κ3) is 4.32. The van der Waals surface area contributed by atoms with Crippen molar-refractivity contribution in [3.05, 3.63) is 112 Å². The Morgan fingerprint density at radius 3 is 1.18 bits per heavy atom. The van der Waals surface area contributed by atoms with Gasteiger partial charge in [0.1, 0.15) is 0 Å². The Labute approximate surface area is 234 Å². The van der Waals surface area contributed by atoms with Crippen LogP contribution in [-0.2, 0) is 18.5 Å². The second kappa shape index (κ2) is 9.40. The van der Waals surface area contributed by atoms with E-state index in [1.165, 1.54) is 12.1 Å². The lowest BCUT2D eigenvalue weighted by Crippen LogP contribution is -2.26. The Morgan fingerprint density at radius 2 is 0.886 bits per heavy atom. The van der Waals surface area contributed by atoms with Gasteiger partial charge in [-0.05, 0) is 42.5 Å². The summed E-state index contributed by atoms with van der Waals surface area (Å²) in [6.07, 6.45) is -16.0. The van der Waals surface area contributed by atoms with E-state index in [9.17, 15) is 58.7 Å². The minimum absolute atomic E-state index is 0.0611. The number of alkyl halides is 9. The Hall–Kier alpha value is -5.71. The van der Waals surface area contributed by atoms with Crippen molar-refractivity contribution < 1.29 is 39.5 Å². The van der Waals surface area contributed by atoms with Gasteiger partial charge in [0.05, 0.1) is 72.9 Å². The first-order valence-electron chi connectivity index (χ1n) is 11.6. The highest BCUT2D eigenvalue weighted by Gasteiger charge is 2.41. The normalized spacial score (nSPS) is 12.5. The van der Waals surface area contributed by atoms with Crippen LogP contribution in [0.4, 0.5) is 39.5 Å². The number of rotatable bonds is 2. The van der Waals surface area contributed by atoms with Gasteiger partial charge in [-0.25, -0.2) is 9.13 Å². The molecule has 0 saturated heterocycles. The summed E-state index contributed by atoms with van der Waals surface area (Å²) in [7, 11) is 0. The van der Waals surface area contributed by atoms with Gasteiger partial charge in [0.15, 0.2) is 0 Å². The Bertz CT molecular complexity index is 2200. The average molecular weight is 622 g/mol. The van der Waals surface area contributed by atoms with E-state index >= 15 is 0 Å². The van der Waals surface area contributed by atoms with E-state index < -0.39 is 102 Å². The van der Waals surface area contributed by atoms with Crippen LogP contribution in [0.15, 0.2) is 61.6 Å². The molecule has 0 aliphatic rings. The van der Waals surface area contributed by atoms with E-state index in [-0.39, 0.29) is 21.3 Å². The fraction of sp³-hybridized carbons (Fsp3) is 0.111. The van der Waals surface area contributed by atoms with Crippen molar-refractivity contribution in [2.45, 2.75) is 18.5 Å². The Balaban J connectivity index is 1.92. The van der Waals surface area contributed by atoms with Crippen LogP contribution in [0.25, 0.3) is 32.9 Å². The zero-order valence-corrected chi connectivity index (χ0v) is 20.9. The molecule has 0 unspecified atom stereocenters. The zero-order chi connectivity index (χ0) is 32.7. The molecule has 17 heteroatoms. The molecule has 0 radical (unpaired) electrons. The number of nitrogens with zero attached hydrogens (tertiary/aromatic N) is 4. The van der Waals surface area contributed by atoms with Crippen LogP contribution in [0.3, 0.4) is 0 Å². The van der Waals surface area contributed by atoms with Crippen LogP contribution < -0.4 is 22.2 Å². The van der Waals surface area contributed by atoms with Gasteiger partial charge in [-0.15, -0.1) is 0 Å². The average Bonchev–Trinajstić information content (AvgIpc) is 3.33. The molecule has 3 aromatic carbocycles. The summed E-state index contributed by atoms with van der Waals surface area (Å²) in [5, 5.41) is 12.7. The molecule has 0 amide bonds. The minimum Gasteiger partial charge on any atom is -0.268 e. The van der Waals surface area contributed by atoms with Gasteiger partial charge in [0, 0.05) is 0 Å². The maximum absolute atomic E-state index is 14.5. The SMILES string of the molecule is N#Cc1ccc(-n2c(=O)c3cc4c(=O)n(-c5ccc(C#N)c(C(F)(F)F)c5)c(=O)c4c(C(F)(F)F)c3c2=O)cc1C(F)(F)F. The highest BCUT2D eigenvalue weighted by atomic mass is 19.4. The summed E-state index contributed by atoms with van der Waals surface area (Å²) in [6, 6.07) is 5.81. The molecule has 0 fully saturated rings. The monoisotopic (exact) mass is 622 g/mol. The van der Waals surface area contributed by atoms with Crippen molar-refractivity contribution in [1.29, 1.82) is 10.5 Å². The summed E-state index contributed by atoms with van der Waals surface area (Å²) in [6.45, 7) is 0. The first-order chi connectivity index (χ1) is 20.3. The molecule has 0 saturated carbocycles. The molecule has 0 N–H and O–H groups in total. The molecular formula is C27H7F9N4O4. The Morgan fingerprint density at radius 1 is 0.523 bits per heavy atom. The number of fused-ring (bicyclic) bond motifs is 2. The van der Waals surface area contributed by atoms with E-state index in [1.807, 2.05) is 0 Å². The van der Waals surface area contributed by atoms with Crippen LogP contribution in [0, 0.1) is 22.7 Å². The van der Waals surface area contributed by atoms with Crippen LogP contribution >= 0.6 is 0 Å². The smallest absolute Gasteiger partial charge is 0.268 e. The molecule has 2 aromatic heterocycles. The number of hydrogen-bond acceptors (Lipinski definition) is 6. The van der Waals surface area contributed by atoms with Crippen LogP contribution in [0.2, 0.25) is 0 Å². The molecule has 0 aliphatic carbocycles. The van der Waals surface area contributed by atoms with E-state index in [4.69, 9.17) is 10.5 Å². The fourth-order valence-corrected chi connectivity index (χ4v) is 4.87. The molecule has 8 nitrogen and oxygen atoms in total. The van der Waals surface area contributed by atoms with E-state index in [2.05, 4.69) is 0 Å². The molecular weight excluding hydrogens is 615 g/mol. The van der Waals surface area contributed by atoms with Gasteiger partial charge in [0.25, 0.3) is 22.2 Å². The number of aromatic nitrogens is 2. The van der Waals surface area contributed by atoms with E-state index in [1.54, 1.807) is 0 Å². The quantitative estimate of drug-likeness (QED) is 0.263. The van der Waals surface area contributed by atoms with E-state index in [0.717, 1.165) is 0 Å². The molecule has 0 bridgehead atoms. The topological polar surface area (TPSA) is 126 Å². The lowest BCUT2D eigenvalue weighted by Gasteiger charge is -2.11. The van der Waals surface area contributed by atoms with Gasteiger partial charge >= 0.3 is 18.5 Å². The van der Waals surface area contributed by atoms with Crippen LogP contribution in [-0.4, -0.2) is 9.13 Å². The zero-order valence-electron chi connectivity index (χ0n) is 20.9. The highest BCUT2D eigenvalue weighted by Crippen LogP contribution is 2.38. The first kappa shape index (κ1) is 29.8. The maximum Gasteiger partial charge on any atom is 0.418 e. The van der Waals surface area contributed by atoms with Crippen molar-refractivity contribution in [2.75, 3.05) is 0 Å². The van der Waals surface area contributed by atoms with Crippen molar-refractivity contribution in [2.24, 2.45) is 0 Å². The highest BCUT2D eigenvalue weighted by molar-refractivity contribution is 6.03.